The van der Waals surface area contributed by atoms with Crippen molar-refractivity contribution in [1.29, 1.82) is 0 Å². The molecule has 3 aromatic heterocycles. The average molecular weight is 1310 g/mol. The number of aromatic carboxylic acids is 3. The molecule has 0 bridgehead atoms. The zero-order chi connectivity index (χ0) is 68.2. The first-order chi connectivity index (χ1) is 47.4. The van der Waals surface area contributed by atoms with Crippen LogP contribution in [0.1, 0.15) is 131 Å². The van der Waals surface area contributed by atoms with E-state index in [1.807, 2.05) is 67.2 Å². The Kier molecular flexibility index (Phi) is 17.3. The highest BCUT2D eigenvalue weighted by Crippen LogP contribution is 2.47. The van der Waals surface area contributed by atoms with E-state index in [2.05, 4.69) is 78.9 Å². The number of benzene rings is 9. The lowest BCUT2D eigenvalue weighted by atomic mass is 9.89. The fourth-order valence-corrected chi connectivity index (χ4v) is 14.2. The second-order valence-electron chi connectivity index (χ2n) is 25.4. The number of hydrogen-bond acceptors (Lipinski definition) is 8. The Labute approximate surface area is 562 Å². The highest BCUT2D eigenvalue weighted by atomic mass is 19.1. The minimum absolute atomic E-state index is 0.139. The van der Waals surface area contributed by atoms with Gasteiger partial charge in [-0.25, -0.2) is 27.6 Å². The molecule has 0 aliphatic carbocycles. The van der Waals surface area contributed by atoms with Gasteiger partial charge in [0.25, 0.3) is 0 Å². The maximum Gasteiger partial charge on any atom is 0.335 e. The fraction of sp³-hybridized carbons (Fsp3) is 0.185. The van der Waals surface area contributed by atoms with Crippen molar-refractivity contribution in [3.8, 4) is 50.4 Å². The van der Waals surface area contributed by atoms with Crippen molar-refractivity contribution in [1.82, 2.24) is 13.7 Å². The van der Waals surface area contributed by atoms with Crippen LogP contribution in [0.25, 0.3) is 83.2 Å². The molecule has 98 heavy (non-hydrogen) atoms. The first kappa shape index (κ1) is 64.1. The molecule has 4 aliphatic heterocycles. The van der Waals surface area contributed by atoms with E-state index < -0.39 is 17.9 Å². The number of ether oxygens (including phenoxy) is 2. The zero-order valence-corrected chi connectivity index (χ0v) is 54.4. The van der Waals surface area contributed by atoms with E-state index in [0.29, 0.717) is 50.6 Å². The van der Waals surface area contributed by atoms with Crippen LogP contribution in [0.15, 0.2) is 185 Å². The average Bonchev–Trinajstić information content (AvgIpc) is 1.59. The van der Waals surface area contributed by atoms with Crippen LogP contribution in [0, 0.1) is 31.3 Å². The Balaban J connectivity index is 0.000000126. The summed E-state index contributed by atoms with van der Waals surface area (Å²) in [6.07, 6.45) is 7.40. The van der Waals surface area contributed by atoms with Crippen molar-refractivity contribution in [2.24, 2.45) is 15.0 Å². The molecular weight excluding hydrogens is 1240 g/mol. The first-order valence-electron chi connectivity index (χ1n) is 32.4. The zero-order valence-electron chi connectivity index (χ0n) is 54.4. The summed E-state index contributed by atoms with van der Waals surface area (Å²) in [5.41, 5.74) is 22.8. The van der Waals surface area contributed by atoms with Gasteiger partial charge in [0.1, 0.15) is 17.5 Å². The predicted molar refractivity (Wildman–Crippen MR) is 378 cm³/mol. The molecule has 9 aromatic carbocycles. The Bertz CT molecular complexity index is 5320. The summed E-state index contributed by atoms with van der Waals surface area (Å²) in [5, 5.41) is 31.4. The third-order valence-corrected chi connectivity index (χ3v) is 18.9. The minimum Gasteiger partial charge on any atom is -0.478 e. The number of nitrogens with zero attached hydrogens (tertiary/aromatic N) is 6. The lowest BCUT2D eigenvalue weighted by Crippen LogP contribution is -2.17. The number of aliphatic imine (C=N–C) groups is 3. The molecule has 0 amide bonds. The van der Waals surface area contributed by atoms with E-state index >= 15 is 0 Å². The smallest absolute Gasteiger partial charge is 0.335 e. The second kappa shape index (κ2) is 26.4. The number of carboxylic acids is 3. The van der Waals surface area contributed by atoms with Gasteiger partial charge in [0.05, 0.1) is 65.2 Å². The highest BCUT2D eigenvalue weighted by molar-refractivity contribution is 6.07. The summed E-state index contributed by atoms with van der Waals surface area (Å²) in [6, 6.07) is 50.8. The molecule has 0 spiro atoms. The molecule has 1 fully saturated rings. The van der Waals surface area contributed by atoms with E-state index in [0.717, 1.165) is 146 Å². The summed E-state index contributed by atoms with van der Waals surface area (Å²) in [4.78, 5) is 47.7. The third-order valence-electron chi connectivity index (χ3n) is 18.9. The van der Waals surface area contributed by atoms with Gasteiger partial charge in [-0.05, 0) is 221 Å². The van der Waals surface area contributed by atoms with E-state index in [1.165, 1.54) is 18.2 Å². The quantitative estimate of drug-likeness (QED) is 0.102. The normalized spacial score (nSPS) is 13.6. The first-order valence-corrected chi connectivity index (χ1v) is 32.4. The third kappa shape index (κ3) is 11.9. The molecule has 16 rings (SSSR count). The van der Waals surface area contributed by atoms with Crippen LogP contribution in [-0.4, -0.2) is 85.9 Å². The minimum atomic E-state index is -0.965. The van der Waals surface area contributed by atoms with E-state index in [4.69, 9.17) is 9.47 Å². The molecule has 17 heteroatoms. The standard InChI is InChI=1S/C28H23FN2O3.C27H23FN2O2.C26H21FN2O3/c29-22-2-1-3-23(14-22)31-25-13-21-16-30-15-20(21)12-24(25)26(27(31)18-8-10-34-11-9-18)17-4-6-19(7-5-17)28(32)33;1-15(2)26-25(17-5-4-6-18(10-17)27(31)32)22-11-19-13-29-14-20(19)12-24(22)30(26)21-7-8-23(28)16(3)9-21;1-15-9-20(7-8-22(15)27)29-23-11-19-13-28-12-18(19)10-21(23)25(24(29)14-32-2)16-3-5-17(6-4-16)26(30)31/h1-7,12-14,16,18H,8-11,15H2,(H,32,33);4-12,14-15H,13H2,1-3H3,(H,31,32);3-11,13H,12,14H2,1-2H3,(H,30,31). The van der Waals surface area contributed by atoms with Gasteiger partial charge in [0.2, 0.25) is 0 Å². The molecule has 7 heterocycles. The van der Waals surface area contributed by atoms with Crippen LogP contribution in [0.5, 0.6) is 0 Å². The van der Waals surface area contributed by atoms with Crippen LogP contribution >= 0.6 is 0 Å². The maximum atomic E-state index is 14.4. The van der Waals surface area contributed by atoms with Crippen molar-refractivity contribution in [3.05, 3.63) is 266 Å². The summed E-state index contributed by atoms with van der Waals surface area (Å²) >= 11 is 0. The Morgan fingerprint density at radius 2 is 0.980 bits per heavy atom. The van der Waals surface area contributed by atoms with Gasteiger partial charge in [-0.2, -0.15) is 0 Å². The van der Waals surface area contributed by atoms with Crippen molar-refractivity contribution in [3.63, 3.8) is 0 Å². The largest absolute Gasteiger partial charge is 0.478 e. The Morgan fingerprint density at radius 3 is 1.48 bits per heavy atom. The number of carbonyl (C=O) groups is 3. The van der Waals surface area contributed by atoms with E-state index in [1.54, 1.807) is 87.7 Å². The number of methoxy groups -OCH3 is 1. The number of fused-ring (bicyclic) bond motifs is 6. The molecule has 3 N–H and O–H groups in total. The van der Waals surface area contributed by atoms with Crippen LogP contribution < -0.4 is 0 Å². The van der Waals surface area contributed by atoms with Crippen molar-refractivity contribution < 1.29 is 52.3 Å². The molecular formula is C81H67F3N6O8. The molecule has 1 saturated heterocycles. The summed E-state index contributed by atoms with van der Waals surface area (Å²) in [6.45, 7) is 11.4. The maximum absolute atomic E-state index is 14.4. The number of hydrogen-bond donors (Lipinski definition) is 3. The molecule has 12 aromatic rings. The Morgan fingerprint density at radius 1 is 0.510 bits per heavy atom. The number of halogens is 3. The summed E-state index contributed by atoms with van der Waals surface area (Å²) in [5.74, 6) is -3.28. The molecule has 0 unspecified atom stereocenters. The van der Waals surface area contributed by atoms with Gasteiger partial charge < -0.3 is 38.5 Å². The number of aryl methyl sites for hydroxylation is 2. The van der Waals surface area contributed by atoms with Crippen molar-refractivity contribution >= 4 is 69.3 Å². The SMILES string of the molecule is COCc1c(-c2ccc(C(=O)O)cc2)c2cc3c(cc2n1-c1ccc(F)c(C)c1)C=NC3.Cc1cc(-n2c(C(C)C)c(-c3cccc(C(=O)O)c3)c3cc4c(cc32)C=NC4)ccc1F.O=C(O)c1ccc(-c2c(C3CCOCC3)n(-c3cccc(F)c3)c3cc4c(cc23)CN=C4)cc1. The number of aromatic nitrogens is 3. The molecule has 0 radical (unpaired) electrons. The van der Waals surface area contributed by atoms with Crippen LogP contribution in [-0.2, 0) is 35.7 Å². The van der Waals surface area contributed by atoms with Gasteiger partial charge >= 0.3 is 17.9 Å². The highest BCUT2D eigenvalue weighted by Gasteiger charge is 2.31. The fourth-order valence-electron chi connectivity index (χ4n) is 14.2. The lowest BCUT2D eigenvalue weighted by Gasteiger charge is -2.26. The monoisotopic (exact) mass is 1310 g/mol. The molecule has 4 aliphatic rings. The summed E-state index contributed by atoms with van der Waals surface area (Å²) < 4.78 is 60.2. The lowest BCUT2D eigenvalue weighted by molar-refractivity contribution is 0.0686. The molecule has 0 saturated carbocycles. The topological polar surface area (TPSA) is 182 Å². The van der Waals surface area contributed by atoms with Crippen LogP contribution in [0.4, 0.5) is 13.2 Å². The van der Waals surface area contributed by atoms with E-state index in [9.17, 15) is 42.9 Å². The van der Waals surface area contributed by atoms with Gasteiger partial charge in [0, 0.05) is 106 Å². The van der Waals surface area contributed by atoms with Crippen LogP contribution in [0.2, 0.25) is 0 Å². The van der Waals surface area contributed by atoms with Crippen molar-refractivity contribution in [2.45, 2.75) is 78.6 Å². The van der Waals surface area contributed by atoms with Crippen molar-refractivity contribution in [2.75, 3.05) is 20.3 Å². The van der Waals surface area contributed by atoms with Crippen LogP contribution in [0.3, 0.4) is 0 Å². The Hall–Kier alpha value is -11.3. The summed E-state index contributed by atoms with van der Waals surface area (Å²) in [7, 11) is 1.64. The van der Waals surface area contributed by atoms with Gasteiger partial charge in [-0.15, -0.1) is 0 Å². The van der Waals surface area contributed by atoms with E-state index in [-0.39, 0.29) is 46.0 Å². The van der Waals surface area contributed by atoms with Gasteiger partial charge in [-0.3, -0.25) is 15.0 Å². The van der Waals surface area contributed by atoms with Gasteiger partial charge in [-0.1, -0.05) is 56.3 Å². The second-order valence-corrected chi connectivity index (χ2v) is 25.4. The molecule has 14 nitrogen and oxygen atoms in total. The van der Waals surface area contributed by atoms with Gasteiger partial charge in [0.15, 0.2) is 0 Å². The number of rotatable bonds is 13. The molecule has 0 atom stereocenters. The number of carboxylic acid groups (broad SMARTS) is 3. The predicted octanol–water partition coefficient (Wildman–Crippen LogP) is 18.0. The molecule has 490 valence electrons.